The highest BCUT2D eigenvalue weighted by molar-refractivity contribution is 5.91. The van der Waals surface area contributed by atoms with Crippen molar-refractivity contribution >= 4 is 17.7 Å². The number of halogens is 1. The molecule has 0 spiro atoms. The summed E-state index contributed by atoms with van der Waals surface area (Å²) in [6, 6.07) is 9.11. The number of aliphatic carboxylic acids is 1. The van der Waals surface area contributed by atoms with Crippen LogP contribution in [0, 0.1) is 26.6 Å². The molecule has 0 saturated heterocycles. The molecule has 0 aliphatic carbocycles. The van der Waals surface area contributed by atoms with Crippen LogP contribution in [0.1, 0.15) is 34.8 Å². The molecule has 0 radical (unpaired) electrons. The van der Waals surface area contributed by atoms with Crippen molar-refractivity contribution in [1.29, 1.82) is 0 Å². The summed E-state index contributed by atoms with van der Waals surface area (Å²) in [7, 11) is 1.49. The lowest BCUT2D eigenvalue weighted by atomic mass is 9.92. The van der Waals surface area contributed by atoms with Crippen LogP contribution in [0.2, 0.25) is 0 Å². The number of carboxylic acids is 1. The number of carbonyl (C=O) groups excluding carboxylic acids is 1. The number of amides is 2. The third kappa shape index (κ3) is 5.09. The SMILES string of the molecule is Cc1cccc(C)c1-c1cc(C(CC(=O)O)NC(=O)Nc2c(O)cc(C)n(C)c2=O)ccc1F. The number of benzene rings is 2. The summed E-state index contributed by atoms with van der Waals surface area (Å²) >= 11 is 0. The first-order valence-electron chi connectivity index (χ1n) is 10.5. The summed E-state index contributed by atoms with van der Waals surface area (Å²) in [5, 5.41) is 24.3. The minimum atomic E-state index is -1.18. The molecule has 0 fully saturated rings. The lowest BCUT2D eigenvalue weighted by Gasteiger charge is -2.20. The first-order chi connectivity index (χ1) is 16.0. The first-order valence-corrected chi connectivity index (χ1v) is 10.5. The van der Waals surface area contributed by atoms with E-state index in [0.29, 0.717) is 16.8 Å². The van der Waals surface area contributed by atoms with Crippen molar-refractivity contribution in [1.82, 2.24) is 9.88 Å². The molecule has 178 valence electrons. The van der Waals surface area contributed by atoms with Gasteiger partial charge in [-0.3, -0.25) is 9.59 Å². The quantitative estimate of drug-likeness (QED) is 0.434. The smallest absolute Gasteiger partial charge is 0.319 e. The molecule has 2 aromatic carbocycles. The van der Waals surface area contributed by atoms with Gasteiger partial charge in [0.15, 0.2) is 5.69 Å². The largest absolute Gasteiger partial charge is 0.505 e. The van der Waals surface area contributed by atoms with Crippen LogP contribution in [0.15, 0.2) is 47.3 Å². The van der Waals surface area contributed by atoms with Crippen molar-refractivity contribution in [2.24, 2.45) is 7.05 Å². The number of hydrogen-bond donors (Lipinski definition) is 4. The van der Waals surface area contributed by atoms with Gasteiger partial charge in [-0.1, -0.05) is 24.3 Å². The Labute approximate surface area is 195 Å². The summed E-state index contributed by atoms with van der Waals surface area (Å²) in [6.07, 6.45) is -0.483. The molecule has 3 aromatic rings. The topological polar surface area (TPSA) is 121 Å². The summed E-state index contributed by atoms with van der Waals surface area (Å²) in [5.74, 6) is -2.07. The Morgan fingerprint density at radius 1 is 1.09 bits per heavy atom. The number of anilines is 1. The van der Waals surface area contributed by atoms with Crippen LogP contribution in [0.25, 0.3) is 11.1 Å². The zero-order valence-electron chi connectivity index (χ0n) is 19.3. The molecule has 3 rings (SSSR count). The van der Waals surface area contributed by atoms with E-state index in [1.807, 2.05) is 32.0 Å². The summed E-state index contributed by atoms with van der Waals surface area (Å²) < 4.78 is 16.0. The molecule has 0 bridgehead atoms. The first kappa shape index (κ1) is 24.5. The molecule has 2 amide bonds. The zero-order chi connectivity index (χ0) is 25.2. The van der Waals surface area contributed by atoms with Crippen LogP contribution < -0.4 is 16.2 Å². The fourth-order valence-corrected chi connectivity index (χ4v) is 3.85. The lowest BCUT2D eigenvalue weighted by molar-refractivity contribution is -0.137. The van der Waals surface area contributed by atoms with E-state index in [1.54, 1.807) is 6.92 Å². The van der Waals surface area contributed by atoms with Crippen LogP contribution in [0.5, 0.6) is 5.75 Å². The van der Waals surface area contributed by atoms with Crippen LogP contribution in [0.3, 0.4) is 0 Å². The van der Waals surface area contributed by atoms with Crippen molar-refractivity contribution in [2.75, 3.05) is 5.32 Å². The second-order valence-corrected chi connectivity index (χ2v) is 8.17. The van der Waals surface area contributed by atoms with E-state index in [2.05, 4.69) is 10.6 Å². The minimum Gasteiger partial charge on any atom is -0.505 e. The maximum absolute atomic E-state index is 14.8. The third-order valence-electron chi connectivity index (χ3n) is 5.72. The highest BCUT2D eigenvalue weighted by Gasteiger charge is 2.22. The predicted octanol–water partition coefficient (Wildman–Crippen LogP) is 4.16. The van der Waals surface area contributed by atoms with E-state index in [1.165, 1.54) is 35.9 Å². The number of urea groups is 1. The Morgan fingerprint density at radius 2 is 1.74 bits per heavy atom. The molecule has 8 nitrogen and oxygen atoms in total. The summed E-state index contributed by atoms with van der Waals surface area (Å²) in [4.78, 5) is 36.6. The van der Waals surface area contributed by atoms with Crippen molar-refractivity contribution in [2.45, 2.75) is 33.2 Å². The Hall–Kier alpha value is -4.14. The van der Waals surface area contributed by atoms with Gasteiger partial charge in [-0.05, 0) is 55.2 Å². The normalized spacial score (nSPS) is 11.7. The zero-order valence-corrected chi connectivity index (χ0v) is 19.3. The number of aromatic nitrogens is 1. The highest BCUT2D eigenvalue weighted by atomic mass is 19.1. The van der Waals surface area contributed by atoms with E-state index < -0.39 is 41.6 Å². The number of rotatable bonds is 6. The standard InChI is InChI=1S/C25H26FN3O5/c1-13-6-5-7-14(2)22(13)17-11-16(8-9-18(17)26)19(12-21(31)32)27-25(34)28-23-20(30)10-15(3)29(4)24(23)33/h5-11,19,30H,12H2,1-4H3,(H,31,32)(H2,27,28,34). The molecule has 0 saturated carbocycles. The number of carboxylic acid groups (broad SMARTS) is 1. The van der Waals surface area contributed by atoms with Gasteiger partial charge in [-0.2, -0.15) is 0 Å². The average Bonchev–Trinajstić information content (AvgIpc) is 2.75. The van der Waals surface area contributed by atoms with Gasteiger partial charge < -0.3 is 25.4 Å². The molecule has 1 aromatic heterocycles. The van der Waals surface area contributed by atoms with Gasteiger partial charge in [-0.25, -0.2) is 9.18 Å². The maximum atomic E-state index is 14.8. The van der Waals surface area contributed by atoms with E-state index in [-0.39, 0.29) is 11.3 Å². The van der Waals surface area contributed by atoms with Crippen molar-refractivity contribution in [3.8, 4) is 16.9 Å². The lowest BCUT2D eigenvalue weighted by Crippen LogP contribution is -2.36. The molecule has 34 heavy (non-hydrogen) atoms. The number of aryl methyl sites for hydroxylation is 3. The Bertz CT molecular complexity index is 1310. The predicted molar refractivity (Wildman–Crippen MR) is 127 cm³/mol. The molecule has 0 aliphatic rings. The van der Waals surface area contributed by atoms with E-state index in [9.17, 15) is 29.0 Å². The Morgan fingerprint density at radius 3 is 2.35 bits per heavy atom. The van der Waals surface area contributed by atoms with Crippen molar-refractivity contribution in [3.05, 3.63) is 81.0 Å². The number of carbonyl (C=O) groups is 2. The molecular formula is C25H26FN3O5. The van der Waals surface area contributed by atoms with Crippen LogP contribution >= 0.6 is 0 Å². The Balaban J connectivity index is 1.96. The van der Waals surface area contributed by atoms with E-state index in [0.717, 1.165) is 11.1 Å². The number of aromatic hydroxyl groups is 1. The molecule has 1 heterocycles. The van der Waals surface area contributed by atoms with Gasteiger partial charge in [0.1, 0.15) is 11.6 Å². The second kappa shape index (κ2) is 9.78. The second-order valence-electron chi connectivity index (χ2n) is 8.17. The van der Waals surface area contributed by atoms with Crippen LogP contribution in [-0.2, 0) is 11.8 Å². The maximum Gasteiger partial charge on any atom is 0.319 e. The average molecular weight is 467 g/mol. The third-order valence-corrected chi connectivity index (χ3v) is 5.72. The van der Waals surface area contributed by atoms with Crippen molar-refractivity contribution in [3.63, 3.8) is 0 Å². The fourth-order valence-electron chi connectivity index (χ4n) is 3.85. The van der Waals surface area contributed by atoms with Crippen LogP contribution in [0.4, 0.5) is 14.9 Å². The number of hydrogen-bond acceptors (Lipinski definition) is 4. The number of nitrogens with zero attached hydrogens (tertiary/aromatic N) is 1. The van der Waals surface area contributed by atoms with Crippen LogP contribution in [-0.4, -0.2) is 26.8 Å². The highest BCUT2D eigenvalue weighted by Crippen LogP contribution is 2.32. The molecule has 1 atom stereocenters. The van der Waals surface area contributed by atoms with Crippen molar-refractivity contribution < 1.29 is 24.2 Å². The summed E-state index contributed by atoms with van der Waals surface area (Å²) in [6.45, 7) is 5.32. The van der Waals surface area contributed by atoms with E-state index in [4.69, 9.17) is 0 Å². The molecule has 0 aliphatic heterocycles. The monoisotopic (exact) mass is 467 g/mol. The summed E-state index contributed by atoms with van der Waals surface area (Å²) in [5.41, 5.74) is 2.57. The molecule has 4 N–H and O–H groups in total. The molecule has 9 heteroatoms. The Kier molecular flexibility index (Phi) is 7.05. The van der Waals surface area contributed by atoms with Gasteiger partial charge in [0.25, 0.3) is 5.56 Å². The number of nitrogens with one attached hydrogen (secondary N) is 2. The van der Waals surface area contributed by atoms with Gasteiger partial charge in [0.2, 0.25) is 0 Å². The minimum absolute atomic E-state index is 0.288. The van der Waals surface area contributed by atoms with Gasteiger partial charge in [0.05, 0.1) is 12.5 Å². The molecule has 1 unspecified atom stereocenters. The fraction of sp³-hybridized carbons (Fsp3) is 0.240. The van der Waals surface area contributed by atoms with Gasteiger partial charge in [-0.15, -0.1) is 0 Å². The molecular weight excluding hydrogens is 441 g/mol. The van der Waals surface area contributed by atoms with Gasteiger partial charge >= 0.3 is 12.0 Å². The van der Waals surface area contributed by atoms with E-state index >= 15 is 0 Å². The van der Waals surface area contributed by atoms with Gasteiger partial charge in [0, 0.05) is 24.4 Å². The number of pyridine rings is 1.